The first-order valence-electron chi connectivity index (χ1n) is 7.14. The minimum Gasteiger partial charge on any atom is -0.310 e. The number of hydrogen-bond acceptors (Lipinski definition) is 4. The number of sulfonamides is 1. The first-order chi connectivity index (χ1) is 9.38. The predicted molar refractivity (Wildman–Crippen MR) is 75.6 cm³/mol. The molecule has 0 unspecified atom stereocenters. The molecule has 0 spiro atoms. The largest absolute Gasteiger partial charge is 0.310 e. The van der Waals surface area contributed by atoms with Crippen molar-refractivity contribution in [3.63, 3.8) is 0 Å². The van der Waals surface area contributed by atoms with Crippen molar-refractivity contribution in [1.29, 1.82) is 0 Å². The predicted octanol–water partition coefficient (Wildman–Crippen LogP) is 1.08. The van der Waals surface area contributed by atoms with E-state index in [1.54, 1.807) is 10.5 Å². The molecule has 1 aliphatic carbocycles. The number of aromatic nitrogens is 2. The van der Waals surface area contributed by atoms with Crippen molar-refractivity contribution in [3.05, 3.63) is 11.8 Å². The fourth-order valence-corrected chi connectivity index (χ4v) is 4.32. The Kier molecular flexibility index (Phi) is 3.38. The van der Waals surface area contributed by atoms with Crippen LogP contribution in [0.1, 0.15) is 38.7 Å². The lowest BCUT2D eigenvalue weighted by molar-refractivity contribution is 0.374. The molecule has 1 aromatic rings. The molecule has 2 heterocycles. The quantitative estimate of drug-likeness (QED) is 0.853. The van der Waals surface area contributed by atoms with Gasteiger partial charge in [0.25, 0.3) is 10.0 Å². The number of hydrogen-bond donors (Lipinski definition) is 2. The van der Waals surface area contributed by atoms with Crippen molar-refractivity contribution in [2.24, 2.45) is 5.41 Å². The second kappa shape index (κ2) is 4.82. The van der Waals surface area contributed by atoms with Gasteiger partial charge < -0.3 is 5.32 Å². The molecule has 2 N–H and O–H groups in total. The third kappa shape index (κ3) is 2.75. The van der Waals surface area contributed by atoms with Gasteiger partial charge in [-0.25, -0.2) is 8.42 Å². The lowest BCUT2D eigenvalue weighted by atomic mass is 9.93. The van der Waals surface area contributed by atoms with Crippen LogP contribution in [0.3, 0.4) is 0 Å². The third-order valence-electron chi connectivity index (χ3n) is 4.08. The fourth-order valence-electron chi connectivity index (χ4n) is 2.59. The van der Waals surface area contributed by atoms with Gasteiger partial charge in [0.2, 0.25) is 0 Å². The summed E-state index contributed by atoms with van der Waals surface area (Å²) in [5, 5.41) is 10.2. The molecule has 0 radical (unpaired) electrons. The van der Waals surface area contributed by atoms with E-state index < -0.39 is 10.0 Å². The molecule has 1 saturated carbocycles. The Morgan fingerprint density at radius 2 is 2.25 bits per heavy atom. The van der Waals surface area contributed by atoms with Crippen LogP contribution < -0.4 is 5.32 Å². The summed E-state index contributed by atoms with van der Waals surface area (Å²) in [7, 11) is -3.45. The van der Waals surface area contributed by atoms with Crippen molar-refractivity contribution in [2.45, 2.75) is 50.7 Å². The molecule has 20 heavy (non-hydrogen) atoms. The molecule has 0 amide bonds. The lowest BCUT2D eigenvalue weighted by Crippen LogP contribution is -2.31. The maximum atomic E-state index is 12.7. The minimum absolute atomic E-state index is 0.0551. The molecule has 112 valence electrons. The highest BCUT2D eigenvalue weighted by atomic mass is 32.2. The van der Waals surface area contributed by atoms with Gasteiger partial charge >= 0.3 is 0 Å². The average Bonchev–Trinajstić information content (AvgIpc) is 2.93. The van der Waals surface area contributed by atoms with Crippen LogP contribution in [0.4, 0.5) is 0 Å². The molecule has 3 rings (SSSR count). The number of H-pyrrole nitrogens is 1. The summed E-state index contributed by atoms with van der Waals surface area (Å²) in [6.45, 7) is 5.93. The molecule has 0 aromatic carbocycles. The summed E-state index contributed by atoms with van der Waals surface area (Å²) in [5.74, 6) is 0. The monoisotopic (exact) mass is 298 g/mol. The van der Waals surface area contributed by atoms with Gasteiger partial charge in [-0.15, -0.1) is 0 Å². The normalized spacial score (nSPS) is 23.3. The van der Waals surface area contributed by atoms with Crippen LogP contribution in [0.2, 0.25) is 0 Å². The molecule has 0 bridgehead atoms. The van der Waals surface area contributed by atoms with Crippen LogP contribution in [0, 0.1) is 5.41 Å². The number of nitrogens with zero attached hydrogens (tertiary/aromatic N) is 2. The van der Waals surface area contributed by atoms with Gasteiger partial charge in [-0.05, 0) is 24.7 Å². The van der Waals surface area contributed by atoms with Crippen molar-refractivity contribution >= 4 is 10.0 Å². The Morgan fingerprint density at radius 1 is 1.50 bits per heavy atom. The van der Waals surface area contributed by atoms with Crippen molar-refractivity contribution < 1.29 is 8.42 Å². The van der Waals surface area contributed by atoms with Crippen LogP contribution in [0.15, 0.2) is 11.2 Å². The van der Waals surface area contributed by atoms with E-state index in [4.69, 9.17) is 0 Å². The zero-order valence-corrected chi connectivity index (χ0v) is 12.8. The van der Waals surface area contributed by atoms with Gasteiger partial charge in [0.15, 0.2) is 5.03 Å². The van der Waals surface area contributed by atoms with Crippen LogP contribution in [0.25, 0.3) is 0 Å². The van der Waals surface area contributed by atoms with Crippen LogP contribution >= 0.6 is 0 Å². The molecule has 1 saturated heterocycles. The summed E-state index contributed by atoms with van der Waals surface area (Å²) >= 11 is 0. The summed E-state index contributed by atoms with van der Waals surface area (Å²) in [6, 6.07) is 0.547. The molecule has 1 aliphatic heterocycles. The topological polar surface area (TPSA) is 78.1 Å². The van der Waals surface area contributed by atoms with Gasteiger partial charge in [-0.3, -0.25) is 5.10 Å². The Balaban J connectivity index is 1.78. The average molecular weight is 298 g/mol. The van der Waals surface area contributed by atoms with E-state index in [9.17, 15) is 8.42 Å². The molecule has 6 nitrogen and oxygen atoms in total. The standard InChI is InChI=1S/C13H22N4O2S/c1-13(2)5-6-17(9-13)20(18,19)12-10(8-15-16-12)7-14-11-3-4-11/h8,11,14H,3-7,9H2,1-2H3,(H,15,16). The summed E-state index contributed by atoms with van der Waals surface area (Å²) in [5.41, 5.74) is 0.793. The minimum atomic E-state index is -3.45. The zero-order valence-electron chi connectivity index (χ0n) is 12.0. The Bertz CT molecular complexity index is 589. The first kappa shape index (κ1) is 14.0. The van der Waals surface area contributed by atoms with E-state index in [1.807, 2.05) is 0 Å². The highest BCUT2D eigenvalue weighted by Gasteiger charge is 2.38. The Morgan fingerprint density at radius 3 is 2.85 bits per heavy atom. The highest BCUT2D eigenvalue weighted by Crippen LogP contribution is 2.33. The van der Waals surface area contributed by atoms with Crippen LogP contribution in [-0.4, -0.2) is 42.1 Å². The van der Waals surface area contributed by atoms with Crippen LogP contribution in [0.5, 0.6) is 0 Å². The maximum absolute atomic E-state index is 12.7. The number of aromatic amines is 1. The van der Waals surface area contributed by atoms with E-state index in [0.717, 1.165) is 12.0 Å². The maximum Gasteiger partial charge on any atom is 0.260 e. The van der Waals surface area contributed by atoms with Gasteiger partial charge in [-0.1, -0.05) is 13.8 Å². The van der Waals surface area contributed by atoms with E-state index >= 15 is 0 Å². The molecule has 2 aliphatic rings. The van der Waals surface area contributed by atoms with E-state index in [1.165, 1.54) is 12.8 Å². The molecular weight excluding hydrogens is 276 g/mol. The lowest BCUT2D eigenvalue weighted by Gasteiger charge is -2.19. The smallest absolute Gasteiger partial charge is 0.260 e. The molecule has 1 aromatic heterocycles. The summed E-state index contributed by atoms with van der Waals surface area (Å²) in [6.07, 6.45) is 4.88. The summed E-state index contributed by atoms with van der Waals surface area (Å²) < 4.78 is 27.0. The second-order valence-corrected chi connectivity index (χ2v) is 8.51. The number of rotatable bonds is 5. The second-order valence-electron chi connectivity index (χ2n) is 6.63. The molecule has 7 heteroatoms. The van der Waals surface area contributed by atoms with Gasteiger partial charge in [0, 0.05) is 31.2 Å². The molecule has 0 atom stereocenters. The molecule has 2 fully saturated rings. The number of nitrogens with one attached hydrogen (secondary N) is 2. The Hall–Kier alpha value is -0.920. The van der Waals surface area contributed by atoms with E-state index in [2.05, 4.69) is 29.4 Å². The van der Waals surface area contributed by atoms with Gasteiger partial charge in [0.05, 0.1) is 6.20 Å². The third-order valence-corrected chi connectivity index (χ3v) is 5.94. The van der Waals surface area contributed by atoms with Crippen molar-refractivity contribution in [1.82, 2.24) is 19.8 Å². The van der Waals surface area contributed by atoms with Gasteiger partial charge in [-0.2, -0.15) is 9.40 Å². The fraction of sp³-hybridized carbons (Fsp3) is 0.769. The van der Waals surface area contributed by atoms with E-state index in [-0.39, 0.29) is 10.4 Å². The SMILES string of the molecule is CC1(C)CCN(S(=O)(=O)c2[nH]ncc2CNC2CC2)C1. The Labute approximate surface area is 120 Å². The van der Waals surface area contributed by atoms with Crippen molar-refractivity contribution in [3.8, 4) is 0 Å². The van der Waals surface area contributed by atoms with Gasteiger partial charge in [0.1, 0.15) is 0 Å². The highest BCUT2D eigenvalue weighted by molar-refractivity contribution is 7.89. The van der Waals surface area contributed by atoms with Crippen LogP contribution in [-0.2, 0) is 16.6 Å². The van der Waals surface area contributed by atoms with Crippen molar-refractivity contribution in [2.75, 3.05) is 13.1 Å². The van der Waals surface area contributed by atoms with E-state index in [0.29, 0.717) is 25.7 Å². The first-order valence-corrected chi connectivity index (χ1v) is 8.58. The zero-order chi connectivity index (χ0) is 14.4. The molecular formula is C13H22N4O2S. The summed E-state index contributed by atoms with van der Waals surface area (Å²) in [4.78, 5) is 0.